The van der Waals surface area contributed by atoms with Crippen LogP contribution in [0.3, 0.4) is 0 Å². The molecule has 3 nitrogen and oxygen atoms in total. The lowest BCUT2D eigenvalue weighted by Crippen LogP contribution is -2.53. The van der Waals surface area contributed by atoms with Crippen molar-refractivity contribution < 1.29 is 9.47 Å². The molecule has 0 saturated carbocycles. The fourth-order valence-electron chi connectivity index (χ4n) is 5.88. The summed E-state index contributed by atoms with van der Waals surface area (Å²) in [6, 6.07) is 15.4. The Morgan fingerprint density at radius 1 is 1.00 bits per heavy atom. The Kier molecular flexibility index (Phi) is 4.82. The van der Waals surface area contributed by atoms with Crippen LogP contribution in [0.5, 0.6) is 11.5 Å². The van der Waals surface area contributed by atoms with Gasteiger partial charge in [0, 0.05) is 29.0 Å². The zero-order valence-corrected chi connectivity index (χ0v) is 19.0. The minimum absolute atomic E-state index is 0.00642. The van der Waals surface area contributed by atoms with Crippen LogP contribution in [0.1, 0.15) is 43.4 Å². The lowest BCUT2D eigenvalue weighted by atomic mass is 9.64. The van der Waals surface area contributed by atoms with E-state index >= 15 is 0 Å². The summed E-state index contributed by atoms with van der Waals surface area (Å²) in [6.07, 6.45) is 8.07. The maximum absolute atomic E-state index is 5.81. The number of allylic oxidation sites excluding steroid dienone is 2. The van der Waals surface area contributed by atoms with E-state index in [1.165, 1.54) is 33.4 Å². The van der Waals surface area contributed by atoms with E-state index in [1.54, 1.807) is 14.2 Å². The van der Waals surface area contributed by atoms with E-state index in [2.05, 4.69) is 86.8 Å². The van der Waals surface area contributed by atoms with Crippen molar-refractivity contribution in [1.29, 1.82) is 0 Å². The van der Waals surface area contributed by atoms with Gasteiger partial charge in [-0.1, -0.05) is 48.1 Å². The molecule has 0 bridgehead atoms. The highest BCUT2D eigenvalue weighted by Gasteiger charge is 2.42. The number of hydrogen-bond donors (Lipinski definition) is 1. The molecule has 3 heteroatoms. The Morgan fingerprint density at radius 2 is 1.77 bits per heavy atom. The summed E-state index contributed by atoms with van der Waals surface area (Å²) >= 11 is 0. The summed E-state index contributed by atoms with van der Waals surface area (Å²) in [7, 11) is 3.50. The minimum Gasteiger partial charge on any atom is -0.497 e. The third kappa shape index (κ3) is 3.32. The molecule has 2 aromatic carbocycles. The molecular weight excluding hydrogens is 382 g/mol. The Hall–Kier alpha value is -2.78. The molecule has 3 unspecified atom stereocenters. The standard InChI is InChI=1S/C28H31NO2/c1-17-16-28(2,3)29-23-14-13-21-26-19(7-6-8-24(26)31-5)15-22(27(21)25(17)23)18-9-11-20(30-4)12-10-18/h6-14,16,22-23,25,29H,15H2,1-5H3. The van der Waals surface area contributed by atoms with Crippen molar-refractivity contribution in [2.24, 2.45) is 5.92 Å². The van der Waals surface area contributed by atoms with Crippen LogP contribution in [0, 0.1) is 5.92 Å². The highest BCUT2D eigenvalue weighted by Crippen LogP contribution is 2.52. The predicted molar refractivity (Wildman–Crippen MR) is 127 cm³/mol. The van der Waals surface area contributed by atoms with E-state index < -0.39 is 0 Å². The number of fused-ring (bicyclic) bond motifs is 4. The fraction of sp³-hybridized carbons (Fsp3) is 0.357. The first-order chi connectivity index (χ1) is 14.9. The number of hydrogen-bond acceptors (Lipinski definition) is 3. The van der Waals surface area contributed by atoms with Crippen LogP contribution in [0.15, 0.2) is 71.8 Å². The van der Waals surface area contributed by atoms with Crippen LogP contribution >= 0.6 is 0 Å². The van der Waals surface area contributed by atoms with Crippen molar-refractivity contribution in [3.63, 3.8) is 0 Å². The monoisotopic (exact) mass is 413 g/mol. The molecule has 0 spiro atoms. The van der Waals surface area contributed by atoms with E-state index in [-0.39, 0.29) is 5.54 Å². The van der Waals surface area contributed by atoms with Gasteiger partial charge in [-0.05, 0) is 67.7 Å². The van der Waals surface area contributed by atoms with Gasteiger partial charge in [-0.3, -0.25) is 0 Å². The Bertz CT molecular complexity index is 1100. The maximum Gasteiger partial charge on any atom is 0.126 e. The molecule has 0 amide bonds. The molecule has 3 aliphatic rings. The van der Waals surface area contributed by atoms with Gasteiger partial charge in [-0.25, -0.2) is 0 Å². The summed E-state index contributed by atoms with van der Waals surface area (Å²) in [5.41, 5.74) is 8.23. The summed E-state index contributed by atoms with van der Waals surface area (Å²) in [5, 5.41) is 3.85. The van der Waals surface area contributed by atoms with Crippen molar-refractivity contribution in [3.05, 3.63) is 88.5 Å². The van der Waals surface area contributed by atoms with E-state index in [4.69, 9.17) is 9.47 Å². The van der Waals surface area contributed by atoms with Crippen LogP contribution in [-0.4, -0.2) is 25.8 Å². The molecule has 1 heterocycles. The first kappa shape index (κ1) is 20.1. The van der Waals surface area contributed by atoms with Gasteiger partial charge < -0.3 is 14.8 Å². The number of benzene rings is 2. The highest BCUT2D eigenvalue weighted by atomic mass is 16.5. The zero-order chi connectivity index (χ0) is 21.8. The second kappa shape index (κ2) is 7.42. The molecule has 0 aromatic heterocycles. The van der Waals surface area contributed by atoms with Crippen molar-refractivity contribution in [1.82, 2.24) is 5.32 Å². The molecule has 0 saturated heterocycles. The quantitative estimate of drug-likeness (QED) is 0.657. The molecular formula is C28H31NO2. The van der Waals surface area contributed by atoms with Gasteiger partial charge in [0.2, 0.25) is 0 Å². The fourth-order valence-corrected chi connectivity index (χ4v) is 5.88. The van der Waals surface area contributed by atoms with Crippen LogP contribution in [-0.2, 0) is 6.42 Å². The molecule has 2 aliphatic carbocycles. The second-order valence-corrected chi connectivity index (χ2v) is 9.51. The first-order valence-corrected chi connectivity index (χ1v) is 11.1. The predicted octanol–water partition coefficient (Wildman–Crippen LogP) is 5.68. The van der Waals surface area contributed by atoms with Gasteiger partial charge in [0.1, 0.15) is 11.5 Å². The largest absolute Gasteiger partial charge is 0.497 e. The van der Waals surface area contributed by atoms with Gasteiger partial charge in [0.25, 0.3) is 0 Å². The number of methoxy groups -OCH3 is 2. The van der Waals surface area contributed by atoms with Gasteiger partial charge in [-0.15, -0.1) is 0 Å². The van der Waals surface area contributed by atoms with Crippen molar-refractivity contribution in [2.45, 2.75) is 44.7 Å². The van der Waals surface area contributed by atoms with Crippen LogP contribution in [0.25, 0.3) is 5.57 Å². The van der Waals surface area contributed by atoms with Crippen molar-refractivity contribution in [2.75, 3.05) is 14.2 Å². The number of rotatable bonds is 3. The molecule has 0 radical (unpaired) electrons. The summed E-state index contributed by atoms with van der Waals surface area (Å²) < 4.78 is 11.2. The third-order valence-corrected chi connectivity index (χ3v) is 7.01. The van der Waals surface area contributed by atoms with E-state index in [0.717, 1.165) is 17.9 Å². The van der Waals surface area contributed by atoms with Gasteiger partial charge in [0.05, 0.1) is 14.2 Å². The average Bonchev–Trinajstić information content (AvgIpc) is 2.76. The smallest absolute Gasteiger partial charge is 0.126 e. The summed E-state index contributed by atoms with van der Waals surface area (Å²) in [6.45, 7) is 6.81. The maximum atomic E-state index is 5.81. The van der Waals surface area contributed by atoms with E-state index in [0.29, 0.717) is 17.9 Å². The van der Waals surface area contributed by atoms with Gasteiger partial charge in [-0.2, -0.15) is 0 Å². The highest BCUT2D eigenvalue weighted by molar-refractivity contribution is 5.87. The van der Waals surface area contributed by atoms with Crippen molar-refractivity contribution in [3.8, 4) is 11.5 Å². The molecule has 31 heavy (non-hydrogen) atoms. The van der Waals surface area contributed by atoms with Crippen LogP contribution < -0.4 is 14.8 Å². The molecule has 160 valence electrons. The van der Waals surface area contributed by atoms with Gasteiger partial charge >= 0.3 is 0 Å². The van der Waals surface area contributed by atoms with E-state index in [9.17, 15) is 0 Å². The van der Waals surface area contributed by atoms with Crippen LogP contribution in [0.4, 0.5) is 0 Å². The van der Waals surface area contributed by atoms with E-state index in [1.807, 2.05) is 0 Å². The summed E-state index contributed by atoms with van der Waals surface area (Å²) in [5.74, 6) is 2.53. The zero-order valence-electron chi connectivity index (χ0n) is 19.0. The number of ether oxygens (including phenoxy) is 2. The molecule has 5 rings (SSSR count). The lowest BCUT2D eigenvalue weighted by molar-refractivity contribution is 0.350. The Morgan fingerprint density at radius 3 is 2.48 bits per heavy atom. The topological polar surface area (TPSA) is 30.5 Å². The summed E-state index contributed by atoms with van der Waals surface area (Å²) in [4.78, 5) is 0. The van der Waals surface area contributed by atoms with Gasteiger partial charge in [0.15, 0.2) is 0 Å². The number of nitrogens with one attached hydrogen (secondary N) is 1. The molecule has 2 aromatic rings. The lowest BCUT2D eigenvalue weighted by Gasteiger charge is -2.46. The molecule has 1 aliphatic heterocycles. The third-order valence-electron chi connectivity index (χ3n) is 7.01. The Balaban J connectivity index is 1.73. The van der Waals surface area contributed by atoms with Crippen LogP contribution in [0.2, 0.25) is 0 Å². The Labute approximate surface area is 185 Å². The van der Waals surface area contributed by atoms with Crippen molar-refractivity contribution >= 4 is 5.57 Å². The first-order valence-electron chi connectivity index (χ1n) is 11.1. The molecule has 3 atom stereocenters. The average molecular weight is 414 g/mol. The SMILES string of the molecule is COc1ccc(C2Cc3cccc(OC)c3C3=C2C2C(C)=CC(C)(C)NC2C=C3)cc1. The normalized spacial score (nSPS) is 25.8. The minimum atomic E-state index is -0.00642. The second-order valence-electron chi connectivity index (χ2n) is 9.51. The molecule has 1 N–H and O–H groups in total. The molecule has 0 fully saturated rings.